The van der Waals surface area contributed by atoms with Gasteiger partial charge in [0.2, 0.25) is 5.82 Å². The lowest BCUT2D eigenvalue weighted by atomic mass is 10.2. The minimum absolute atomic E-state index is 0.298. The second kappa shape index (κ2) is 5.74. The summed E-state index contributed by atoms with van der Waals surface area (Å²) in [6.07, 6.45) is 0. The maximum absolute atomic E-state index is 5.84. The predicted octanol–water partition coefficient (Wildman–Crippen LogP) is 1.83. The van der Waals surface area contributed by atoms with E-state index in [9.17, 15) is 0 Å². The molecular formula is C16H14N7S+. The van der Waals surface area contributed by atoms with Crippen LogP contribution in [-0.4, -0.2) is 20.0 Å². The lowest BCUT2D eigenvalue weighted by Crippen LogP contribution is -2.43. The maximum atomic E-state index is 5.84. The van der Waals surface area contributed by atoms with Gasteiger partial charge in [0.05, 0.1) is 0 Å². The molecule has 0 fully saturated rings. The Morgan fingerprint density at radius 1 is 0.917 bits per heavy atom. The van der Waals surface area contributed by atoms with Gasteiger partial charge in [0.25, 0.3) is 5.82 Å². The predicted molar refractivity (Wildman–Crippen MR) is 92.8 cm³/mol. The Kier molecular flexibility index (Phi) is 3.43. The van der Waals surface area contributed by atoms with Crippen LogP contribution in [-0.2, 0) is 0 Å². The van der Waals surface area contributed by atoms with Crippen LogP contribution in [0.4, 0.5) is 10.8 Å². The topological polar surface area (TPSA) is 99.5 Å². The van der Waals surface area contributed by atoms with Crippen LogP contribution in [0.5, 0.6) is 0 Å². The standard InChI is InChI=1S/C16H13N7S/c17-13-14(18)24-16(19-13)23-21-15(11-7-3-1-4-8-11)20-22(23)12-9-5-2-6-10-12/h1-10,17-18H,(H,20,21)/p+1. The van der Waals surface area contributed by atoms with E-state index >= 15 is 0 Å². The number of para-hydroxylation sites is 1. The molecule has 2 aromatic carbocycles. The lowest BCUT2D eigenvalue weighted by Gasteiger charge is -1.97. The van der Waals surface area contributed by atoms with E-state index in [0.717, 1.165) is 11.3 Å². The summed E-state index contributed by atoms with van der Waals surface area (Å²) in [5, 5.41) is 10.2. The first-order valence-electron chi connectivity index (χ1n) is 7.25. The fraction of sp³-hybridized carbons (Fsp3) is 0. The molecule has 4 aromatic rings. The van der Waals surface area contributed by atoms with Crippen LogP contribution in [0.25, 0.3) is 22.2 Å². The number of nitrogen functional groups attached to an aromatic ring is 2. The number of tetrazole rings is 1. The van der Waals surface area contributed by atoms with E-state index in [1.807, 2.05) is 60.7 Å². The van der Waals surface area contributed by atoms with Crippen molar-refractivity contribution < 1.29 is 4.80 Å². The first-order valence-corrected chi connectivity index (χ1v) is 8.07. The molecule has 24 heavy (non-hydrogen) atoms. The molecule has 0 aliphatic carbocycles. The highest BCUT2D eigenvalue weighted by Gasteiger charge is 2.25. The maximum Gasteiger partial charge on any atom is 0.368 e. The third-order valence-corrected chi connectivity index (χ3v) is 4.28. The third kappa shape index (κ3) is 2.48. The average Bonchev–Trinajstić information content (AvgIpc) is 3.21. The molecule has 0 radical (unpaired) electrons. The summed E-state index contributed by atoms with van der Waals surface area (Å²) in [5.74, 6) is 0.887. The summed E-state index contributed by atoms with van der Waals surface area (Å²) in [4.78, 5) is 7.57. The number of rotatable bonds is 3. The van der Waals surface area contributed by atoms with Crippen molar-refractivity contribution in [2.24, 2.45) is 0 Å². The van der Waals surface area contributed by atoms with Crippen LogP contribution in [0.1, 0.15) is 0 Å². The summed E-state index contributed by atoms with van der Waals surface area (Å²) in [7, 11) is 0. The van der Waals surface area contributed by atoms with Crippen LogP contribution < -0.4 is 16.3 Å². The number of anilines is 2. The van der Waals surface area contributed by atoms with Gasteiger partial charge in [-0.25, -0.2) is 0 Å². The van der Waals surface area contributed by atoms with E-state index < -0.39 is 0 Å². The molecule has 0 saturated heterocycles. The summed E-state index contributed by atoms with van der Waals surface area (Å²) < 4.78 is 0. The van der Waals surface area contributed by atoms with Gasteiger partial charge in [0.1, 0.15) is 5.69 Å². The van der Waals surface area contributed by atoms with E-state index in [1.165, 1.54) is 11.3 Å². The Hall–Kier alpha value is -3.26. The van der Waals surface area contributed by atoms with Crippen molar-refractivity contribution in [3.05, 3.63) is 60.7 Å². The van der Waals surface area contributed by atoms with Gasteiger partial charge in [-0.3, -0.25) is 0 Å². The number of aromatic nitrogens is 5. The van der Waals surface area contributed by atoms with E-state index in [-0.39, 0.29) is 0 Å². The van der Waals surface area contributed by atoms with Gasteiger partial charge in [0.15, 0.2) is 5.00 Å². The molecule has 8 heteroatoms. The summed E-state index contributed by atoms with van der Waals surface area (Å²) in [5.41, 5.74) is 13.4. The van der Waals surface area contributed by atoms with Gasteiger partial charge in [-0.05, 0) is 50.3 Å². The molecule has 0 bridgehead atoms. The first kappa shape index (κ1) is 14.3. The fourth-order valence-electron chi connectivity index (χ4n) is 2.26. The van der Waals surface area contributed by atoms with Gasteiger partial charge < -0.3 is 11.5 Å². The van der Waals surface area contributed by atoms with E-state index in [2.05, 4.69) is 15.2 Å². The van der Waals surface area contributed by atoms with Crippen molar-refractivity contribution in [1.29, 1.82) is 0 Å². The molecule has 0 spiro atoms. The molecule has 2 aromatic heterocycles. The highest BCUT2D eigenvalue weighted by Crippen LogP contribution is 2.23. The van der Waals surface area contributed by atoms with Crippen molar-refractivity contribution in [1.82, 2.24) is 20.0 Å². The molecule has 0 aliphatic heterocycles. The van der Waals surface area contributed by atoms with Crippen molar-refractivity contribution in [2.45, 2.75) is 0 Å². The van der Waals surface area contributed by atoms with Gasteiger partial charge in [-0.15, -0.1) is 0 Å². The van der Waals surface area contributed by atoms with Gasteiger partial charge in [-0.1, -0.05) is 41.4 Å². The van der Waals surface area contributed by atoms with E-state index in [0.29, 0.717) is 21.8 Å². The lowest BCUT2D eigenvalue weighted by molar-refractivity contribution is -0.734. The largest absolute Gasteiger partial charge is 0.386 e. The SMILES string of the molecule is Nc1nc(-[n+]2nc(-c3ccccc3)nn2-c2ccccc2)sc1N. The molecule has 7 nitrogen and oxygen atoms in total. The molecule has 0 unspecified atom stereocenters. The van der Waals surface area contributed by atoms with Crippen molar-refractivity contribution in [3.8, 4) is 22.2 Å². The zero-order valence-electron chi connectivity index (χ0n) is 12.6. The van der Waals surface area contributed by atoms with Gasteiger partial charge >= 0.3 is 5.13 Å². The van der Waals surface area contributed by atoms with E-state index in [4.69, 9.17) is 11.5 Å². The monoisotopic (exact) mass is 336 g/mol. The van der Waals surface area contributed by atoms with Crippen LogP contribution in [0.2, 0.25) is 0 Å². The van der Waals surface area contributed by atoms with Crippen molar-refractivity contribution in [3.63, 3.8) is 0 Å². The Morgan fingerprint density at radius 3 is 2.21 bits per heavy atom. The summed E-state index contributed by atoms with van der Waals surface area (Å²) in [6, 6.07) is 19.5. The summed E-state index contributed by atoms with van der Waals surface area (Å²) in [6.45, 7) is 0. The van der Waals surface area contributed by atoms with Crippen LogP contribution >= 0.6 is 11.3 Å². The highest BCUT2D eigenvalue weighted by molar-refractivity contribution is 7.18. The Morgan fingerprint density at radius 2 is 1.58 bits per heavy atom. The zero-order valence-corrected chi connectivity index (χ0v) is 13.4. The number of nitrogens with two attached hydrogens (primary N) is 2. The number of hydrogen-bond acceptors (Lipinski definition) is 6. The Bertz CT molecular complexity index is 957. The van der Waals surface area contributed by atoms with Gasteiger partial charge in [0, 0.05) is 10.7 Å². The highest BCUT2D eigenvalue weighted by atomic mass is 32.1. The number of nitrogens with zero attached hydrogens (tertiary/aromatic N) is 5. The molecule has 4 N–H and O–H groups in total. The molecule has 4 rings (SSSR count). The van der Waals surface area contributed by atoms with Gasteiger partial charge in [-0.2, -0.15) is 0 Å². The minimum Gasteiger partial charge on any atom is -0.386 e. The quantitative estimate of drug-likeness (QED) is 0.556. The molecular weight excluding hydrogens is 322 g/mol. The fourth-order valence-corrected chi connectivity index (χ4v) is 2.95. The van der Waals surface area contributed by atoms with E-state index in [1.54, 1.807) is 9.59 Å². The number of hydrogen-bond donors (Lipinski definition) is 2. The Labute approximate surface area is 141 Å². The molecule has 0 amide bonds. The van der Waals surface area contributed by atoms with Crippen molar-refractivity contribution >= 4 is 22.2 Å². The molecule has 0 saturated carbocycles. The zero-order chi connectivity index (χ0) is 16.5. The minimum atomic E-state index is 0.298. The Balaban J connectivity index is 1.92. The molecule has 2 heterocycles. The molecule has 118 valence electrons. The first-order chi connectivity index (χ1) is 11.7. The molecule has 0 aliphatic rings. The van der Waals surface area contributed by atoms with Crippen LogP contribution in [0.3, 0.4) is 0 Å². The van der Waals surface area contributed by atoms with Crippen LogP contribution in [0, 0.1) is 0 Å². The second-order valence-corrected chi connectivity index (χ2v) is 6.06. The second-order valence-electron chi connectivity index (χ2n) is 5.05. The number of benzene rings is 2. The smallest absolute Gasteiger partial charge is 0.368 e. The average molecular weight is 336 g/mol. The summed E-state index contributed by atoms with van der Waals surface area (Å²) >= 11 is 1.27. The third-order valence-electron chi connectivity index (χ3n) is 3.42. The molecule has 0 atom stereocenters. The normalized spacial score (nSPS) is 10.8. The number of thiazole rings is 1. The van der Waals surface area contributed by atoms with Crippen LogP contribution in [0.15, 0.2) is 60.7 Å². The van der Waals surface area contributed by atoms with Crippen molar-refractivity contribution in [2.75, 3.05) is 11.5 Å².